The van der Waals surface area contributed by atoms with Crippen molar-refractivity contribution in [2.24, 2.45) is 23.7 Å². The van der Waals surface area contributed by atoms with Gasteiger partial charge in [-0.15, -0.1) is 0 Å². The smallest absolute Gasteiger partial charge is 0.270 e. The minimum absolute atomic E-state index is 0.0386. The van der Waals surface area contributed by atoms with E-state index in [-0.39, 0.29) is 23.8 Å². The van der Waals surface area contributed by atoms with Crippen LogP contribution < -0.4 is 10.6 Å². The third-order valence-corrected chi connectivity index (χ3v) is 6.24. The zero-order valence-corrected chi connectivity index (χ0v) is 18.2. The molecule has 1 fully saturated rings. The van der Waals surface area contributed by atoms with E-state index < -0.39 is 0 Å². The zero-order chi connectivity index (χ0) is 21.5. The monoisotopic (exact) mass is 407 g/mol. The van der Waals surface area contributed by atoms with Gasteiger partial charge in [0.15, 0.2) is 0 Å². The van der Waals surface area contributed by atoms with E-state index in [2.05, 4.69) is 36.4 Å². The minimum Gasteiger partial charge on any atom is -0.353 e. The van der Waals surface area contributed by atoms with E-state index in [1.54, 1.807) is 24.4 Å². The molecule has 0 aliphatic heterocycles. The lowest BCUT2D eigenvalue weighted by molar-refractivity contribution is -0.129. The van der Waals surface area contributed by atoms with Gasteiger partial charge in [0.1, 0.15) is 5.69 Å². The Morgan fingerprint density at radius 1 is 1.07 bits per heavy atom. The van der Waals surface area contributed by atoms with Crippen molar-refractivity contribution in [1.29, 1.82) is 0 Å². The molecule has 1 aliphatic carbocycles. The van der Waals surface area contributed by atoms with Crippen molar-refractivity contribution in [3.8, 4) is 0 Å². The van der Waals surface area contributed by atoms with E-state index in [9.17, 15) is 9.59 Å². The lowest BCUT2D eigenvalue weighted by Gasteiger charge is -2.36. The zero-order valence-electron chi connectivity index (χ0n) is 18.2. The fourth-order valence-electron chi connectivity index (χ4n) is 4.50. The summed E-state index contributed by atoms with van der Waals surface area (Å²) >= 11 is 0. The summed E-state index contributed by atoms with van der Waals surface area (Å²) in [6, 6.07) is 14.7. The van der Waals surface area contributed by atoms with Crippen LogP contribution in [0.15, 0.2) is 54.7 Å². The molecule has 30 heavy (non-hydrogen) atoms. The predicted octanol–water partition coefficient (Wildman–Crippen LogP) is 4.38. The third-order valence-electron chi connectivity index (χ3n) is 6.24. The van der Waals surface area contributed by atoms with Crippen molar-refractivity contribution < 1.29 is 9.59 Å². The van der Waals surface area contributed by atoms with Crippen LogP contribution in [-0.4, -0.2) is 23.3 Å². The summed E-state index contributed by atoms with van der Waals surface area (Å²) in [5, 5.41) is 6.17. The van der Waals surface area contributed by atoms with E-state index in [1.807, 2.05) is 30.3 Å². The van der Waals surface area contributed by atoms with Gasteiger partial charge in [-0.1, -0.05) is 63.6 Å². The van der Waals surface area contributed by atoms with Crippen molar-refractivity contribution >= 4 is 11.8 Å². The molecule has 1 heterocycles. The molecule has 0 unspecified atom stereocenters. The number of benzene rings is 1. The molecule has 2 aromatic rings. The highest BCUT2D eigenvalue weighted by Gasteiger charge is 2.35. The Bertz CT molecular complexity index is 823. The molecular weight excluding hydrogens is 374 g/mol. The molecule has 0 saturated heterocycles. The topological polar surface area (TPSA) is 71.1 Å². The molecule has 1 saturated carbocycles. The summed E-state index contributed by atoms with van der Waals surface area (Å²) in [5.41, 5.74) is 1.32. The minimum atomic E-state index is -0.317. The van der Waals surface area contributed by atoms with Crippen LogP contribution in [0.3, 0.4) is 0 Å². The Morgan fingerprint density at radius 2 is 1.80 bits per heavy atom. The summed E-state index contributed by atoms with van der Waals surface area (Å²) < 4.78 is 0. The lowest BCUT2D eigenvalue weighted by atomic mass is 9.70. The average Bonchev–Trinajstić information content (AvgIpc) is 2.77. The van der Waals surface area contributed by atoms with Gasteiger partial charge in [-0.05, 0) is 48.3 Å². The van der Waals surface area contributed by atoms with Crippen molar-refractivity contribution in [3.05, 3.63) is 66.0 Å². The van der Waals surface area contributed by atoms with Gasteiger partial charge < -0.3 is 10.6 Å². The van der Waals surface area contributed by atoms with Crippen LogP contribution in [-0.2, 0) is 4.79 Å². The maximum Gasteiger partial charge on any atom is 0.270 e. The second-order valence-corrected chi connectivity index (χ2v) is 8.83. The number of hydrogen-bond acceptors (Lipinski definition) is 3. The van der Waals surface area contributed by atoms with Crippen LogP contribution >= 0.6 is 0 Å². The van der Waals surface area contributed by atoms with E-state index in [4.69, 9.17) is 0 Å². The molecule has 4 atom stereocenters. The third kappa shape index (κ3) is 5.68. The number of pyridine rings is 1. The Labute approximate surface area is 179 Å². The molecule has 3 rings (SSSR count). The number of hydrogen-bond donors (Lipinski definition) is 2. The van der Waals surface area contributed by atoms with Gasteiger partial charge in [-0.2, -0.15) is 0 Å². The van der Waals surface area contributed by atoms with Crippen molar-refractivity contribution in [3.63, 3.8) is 0 Å². The van der Waals surface area contributed by atoms with E-state index >= 15 is 0 Å². The van der Waals surface area contributed by atoms with E-state index in [0.29, 0.717) is 30.0 Å². The summed E-state index contributed by atoms with van der Waals surface area (Å²) in [4.78, 5) is 29.9. The standard InChI is InChI=1S/C25H33N3O2/c1-17(2)20-13-12-18(3)15-21(20)24(29)27-16-23(19-9-5-4-6-10-19)28-25(30)22-11-7-8-14-26-22/h4-11,14,17-18,20-21,23H,12-13,15-16H2,1-3H3,(H,27,29)(H,28,30)/t18-,20+,21-,23-/m1/s1. The molecule has 160 valence electrons. The Hall–Kier alpha value is -2.69. The van der Waals surface area contributed by atoms with Crippen molar-refractivity contribution in [2.75, 3.05) is 6.54 Å². The summed E-state index contributed by atoms with van der Waals surface area (Å²) in [6.07, 6.45) is 4.84. The largest absolute Gasteiger partial charge is 0.353 e. The number of carbonyl (C=O) groups is 2. The van der Waals surface area contributed by atoms with Crippen LogP contribution in [0, 0.1) is 23.7 Å². The summed E-state index contributed by atoms with van der Waals surface area (Å²) in [7, 11) is 0. The molecule has 0 radical (unpaired) electrons. The highest BCUT2D eigenvalue weighted by molar-refractivity contribution is 5.92. The average molecular weight is 408 g/mol. The number of nitrogens with zero attached hydrogens (tertiary/aromatic N) is 1. The molecular formula is C25H33N3O2. The Morgan fingerprint density at radius 3 is 2.47 bits per heavy atom. The molecule has 1 aliphatic rings. The summed E-state index contributed by atoms with van der Waals surface area (Å²) in [6.45, 7) is 7.01. The van der Waals surface area contributed by atoms with Gasteiger partial charge in [0.2, 0.25) is 5.91 Å². The first kappa shape index (κ1) is 22.0. The van der Waals surface area contributed by atoms with Gasteiger partial charge in [-0.3, -0.25) is 14.6 Å². The first-order valence-corrected chi connectivity index (χ1v) is 11.0. The van der Waals surface area contributed by atoms with E-state index in [0.717, 1.165) is 18.4 Å². The Kier molecular flexibility index (Phi) is 7.61. The molecule has 5 nitrogen and oxygen atoms in total. The maximum absolute atomic E-state index is 13.1. The van der Waals surface area contributed by atoms with Gasteiger partial charge >= 0.3 is 0 Å². The number of carbonyl (C=O) groups excluding carboxylic acids is 2. The maximum atomic E-state index is 13.1. The van der Waals surface area contributed by atoms with Gasteiger partial charge in [0, 0.05) is 18.7 Å². The first-order chi connectivity index (χ1) is 14.5. The molecule has 1 aromatic heterocycles. The Balaban J connectivity index is 1.70. The highest BCUT2D eigenvalue weighted by atomic mass is 16.2. The quantitative estimate of drug-likeness (QED) is 0.716. The van der Waals surface area contributed by atoms with Crippen LogP contribution in [0.25, 0.3) is 0 Å². The highest BCUT2D eigenvalue weighted by Crippen LogP contribution is 2.38. The van der Waals surface area contributed by atoms with Crippen molar-refractivity contribution in [2.45, 2.75) is 46.1 Å². The second-order valence-electron chi connectivity index (χ2n) is 8.83. The SMILES string of the molecule is CC(C)[C@@H]1CC[C@@H](C)C[C@H]1C(=O)NC[C@@H](NC(=O)c1ccccn1)c1ccccc1. The van der Waals surface area contributed by atoms with Gasteiger partial charge in [0.05, 0.1) is 6.04 Å². The fourth-order valence-corrected chi connectivity index (χ4v) is 4.50. The molecule has 2 N–H and O–H groups in total. The molecule has 1 aromatic carbocycles. The number of nitrogens with one attached hydrogen (secondary N) is 2. The van der Waals surface area contributed by atoms with Gasteiger partial charge in [0.25, 0.3) is 5.91 Å². The van der Waals surface area contributed by atoms with Crippen LogP contribution in [0.4, 0.5) is 0 Å². The van der Waals surface area contributed by atoms with Crippen LogP contribution in [0.5, 0.6) is 0 Å². The first-order valence-electron chi connectivity index (χ1n) is 11.0. The second kappa shape index (κ2) is 10.4. The molecule has 5 heteroatoms. The van der Waals surface area contributed by atoms with Crippen LogP contribution in [0.1, 0.15) is 62.1 Å². The number of amides is 2. The van der Waals surface area contributed by atoms with Crippen molar-refractivity contribution in [1.82, 2.24) is 15.6 Å². The van der Waals surface area contributed by atoms with E-state index in [1.165, 1.54) is 6.42 Å². The molecule has 2 amide bonds. The lowest BCUT2D eigenvalue weighted by Crippen LogP contribution is -2.44. The predicted molar refractivity (Wildman–Crippen MR) is 119 cm³/mol. The van der Waals surface area contributed by atoms with Gasteiger partial charge in [-0.25, -0.2) is 0 Å². The van der Waals surface area contributed by atoms with Crippen LogP contribution in [0.2, 0.25) is 0 Å². The molecule has 0 spiro atoms. The molecule has 0 bridgehead atoms. The number of rotatable bonds is 7. The fraction of sp³-hybridized carbons (Fsp3) is 0.480. The summed E-state index contributed by atoms with van der Waals surface area (Å²) in [5.74, 6) is 1.38. The normalized spacial score (nSPS) is 22.3. The number of aromatic nitrogens is 1.